The second-order valence-corrected chi connectivity index (χ2v) is 6.92. The molecule has 1 saturated heterocycles. The molecule has 0 saturated carbocycles. The minimum atomic E-state index is 0.209. The number of hydrogen-bond donors (Lipinski definition) is 1. The number of benzene rings is 1. The van der Waals surface area contributed by atoms with Crippen molar-refractivity contribution in [3.8, 4) is 11.5 Å². The van der Waals surface area contributed by atoms with Gasteiger partial charge in [0.25, 0.3) is 0 Å². The number of anilines is 1. The van der Waals surface area contributed by atoms with E-state index in [1.165, 1.54) is 5.56 Å². The zero-order valence-electron chi connectivity index (χ0n) is 13.7. The molecular weight excluding hydrogens is 308 g/mol. The molecule has 2 N–H and O–H groups in total. The van der Waals surface area contributed by atoms with Crippen LogP contribution in [-0.2, 0) is 6.42 Å². The molecule has 2 unspecified atom stereocenters. The largest absolute Gasteiger partial charge is 0.493 e. The van der Waals surface area contributed by atoms with E-state index >= 15 is 0 Å². The summed E-state index contributed by atoms with van der Waals surface area (Å²) in [4.78, 5) is 2.37. The minimum Gasteiger partial charge on any atom is -0.493 e. The monoisotopic (exact) mass is 332 g/mol. The van der Waals surface area contributed by atoms with Gasteiger partial charge in [0.05, 0.1) is 14.2 Å². The summed E-state index contributed by atoms with van der Waals surface area (Å²) >= 11 is 1.76. The fourth-order valence-corrected chi connectivity index (χ4v) is 4.05. The maximum atomic E-state index is 6.31. The molecule has 0 aliphatic carbocycles. The number of ether oxygens (including phenoxy) is 2. The fraction of sp³-hybridized carbons (Fsp3) is 0.444. The topological polar surface area (TPSA) is 47.7 Å². The third-order valence-electron chi connectivity index (χ3n) is 4.41. The Kier molecular flexibility index (Phi) is 5.08. The number of nitrogens with zero attached hydrogens (tertiary/aromatic N) is 1. The predicted molar refractivity (Wildman–Crippen MR) is 95.9 cm³/mol. The Balaban J connectivity index is 1.76. The van der Waals surface area contributed by atoms with Gasteiger partial charge in [-0.15, -0.1) is 0 Å². The lowest BCUT2D eigenvalue weighted by molar-refractivity contribution is 0.353. The fourth-order valence-electron chi connectivity index (χ4n) is 3.37. The number of hydrogen-bond acceptors (Lipinski definition) is 5. The highest BCUT2D eigenvalue weighted by Gasteiger charge is 2.26. The molecule has 1 aliphatic rings. The van der Waals surface area contributed by atoms with Gasteiger partial charge in [0, 0.05) is 30.9 Å². The number of nitrogens with two attached hydrogens (primary N) is 1. The van der Waals surface area contributed by atoms with Crippen molar-refractivity contribution in [3.63, 3.8) is 0 Å². The van der Waals surface area contributed by atoms with Gasteiger partial charge in [-0.05, 0) is 53.3 Å². The first-order chi connectivity index (χ1) is 11.2. The summed E-state index contributed by atoms with van der Waals surface area (Å²) < 4.78 is 10.7. The average molecular weight is 332 g/mol. The highest BCUT2D eigenvalue weighted by molar-refractivity contribution is 7.07. The quantitative estimate of drug-likeness (QED) is 0.914. The SMILES string of the molecule is COc1ccc(N2CC(N)CC(Cc3ccsc3)C2)cc1OC. The van der Waals surface area contributed by atoms with Crippen LogP contribution in [0.5, 0.6) is 11.5 Å². The van der Waals surface area contributed by atoms with Crippen molar-refractivity contribution in [1.29, 1.82) is 0 Å². The van der Waals surface area contributed by atoms with Crippen LogP contribution in [-0.4, -0.2) is 33.4 Å². The number of piperidine rings is 1. The average Bonchev–Trinajstić information content (AvgIpc) is 3.06. The maximum absolute atomic E-state index is 6.31. The molecule has 0 radical (unpaired) electrons. The summed E-state index contributed by atoms with van der Waals surface area (Å²) in [6.45, 7) is 1.91. The molecule has 5 heteroatoms. The van der Waals surface area contributed by atoms with E-state index in [0.29, 0.717) is 5.92 Å². The molecule has 1 fully saturated rings. The van der Waals surface area contributed by atoms with E-state index in [9.17, 15) is 0 Å². The lowest BCUT2D eigenvalue weighted by Gasteiger charge is -2.38. The molecule has 124 valence electrons. The molecule has 2 aromatic rings. The second-order valence-electron chi connectivity index (χ2n) is 6.14. The van der Waals surface area contributed by atoms with E-state index < -0.39 is 0 Å². The van der Waals surface area contributed by atoms with Gasteiger partial charge in [-0.25, -0.2) is 0 Å². The maximum Gasteiger partial charge on any atom is 0.162 e. The summed E-state index contributed by atoms with van der Waals surface area (Å²) in [5.41, 5.74) is 8.88. The van der Waals surface area contributed by atoms with Crippen molar-refractivity contribution < 1.29 is 9.47 Å². The Labute approximate surface area is 141 Å². The highest BCUT2D eigenvalue weighted by Crippen LogP contribution is 2.33. The Morgan fingerprint density at radius 1 is 1.17 bits per heavy atom. The molecule has 0 spiro atoms. The Bertz CT molecular complexity index is 630. The van der Waals surface area contributed by atoms with Gasteiger partial charge >= 0.3 is 0 Å². The highest BCUT2D eigenvalue weighted by atomic mass is 32.1. The van der Waals surface area contributed by atoms with E-state index in [1.807, 2.05) is 12.1 Å². The van der Waals surface area contributed by atoms with E-state index in [0.717, 1.165) is 43.1 Å². The third kappa shape index (κ3) is 3.79. The van der Waals surface area contributed by atoms with E-state index in [2.05, 4.69) is 27.8 Å². The summed E-state index contributed by atoms with van der Waals surface area (Å²) in [6.07, 6.45) is 2.18. The van der Waals surface area contributed by atoms with Gasteiger partial charge in [-0.2, -0.15) is 11.3 Å². The minimum absolute atomic E-state index is 0.209. The standard InChI is InChI=1S/C18H24N2O2S/c1-21-17-4-3-16(9-18(17)22-2)20-10-14(8-15(19)11-20)7-13-5-6-23-12-13/h3-6,9,12,14-15H,7-8,10-11,19H2,1-2H3. The zero-order valence-corrected chi connectivity index (χ0v) is 14.5. The second kappa shape index (κ2) is 7.23. The number of rotatable bonds is 5. The van der Waals surface area contributed by atoms with E-state index in [4.69, 9.17) is 15.2 Å². The third-order valence-corrected chi connectivity index (χ3v) is 5.14. The summed E-state index contributed by atoms with van der Waals surface area (Å²) in [6, 6.07) is 8.51. The van der Waals surface area contributed by atoms with Crippen LogP contribution < -0.4 is 20.1 Å². The Hall–Kier alpha value is -1.72. The van der Waals surface area contributed by atoms with Crippen LogP contribution in [0.2, 0.25) is 0 Å². The molecule has 0 amide bonds. The van der Waals surface area contributed by atoms with Gasteiger partial charge in [-0.3, -0.25) is 0 Å². The molecule has 3 rings (SSSR count). The van der Waals surface area contributed by atoms with Crippen LogP contribution in [0.3, 0.4) is 0 Å². The molecule has 2 atom stereocenters. The smallest absolute Gasteiger partial charge is 0.162 e. The Morgan fingerprint density at radius 2 is 2.00 bits per heavy atom. The van der Waals surface area contributed by atoms with Crippen molar-refractivity contribution in [3.05, 3.63) is 40.6 Å². The zero-order chi connectivity index (χ0) is 16.2. The first-order valence-corrected chi connectivity index (χ1v) is 8.87. The van der Waals surface area contributed by atoms with Crippen LogP contribution in [0.1, 0.15) is 12.0 Å². The van der Waals surface area contributed by atoms with Gasteiger partial charge < -0.3 is 20.1 Å². The van der Waals surface area contributed by atoms with Gasteiger partial charge in [-0.1, -0.05) is 0 Å². The number of thiophene rings is 1. The predicted octanol–water partition coefficient (Wildman–Crippen LogP) is 3.16. The van der Waals surface area contributed by atoms with Crippen molar-refractivity contribution >= 4 is 17.0 Å². The van der Waals surface area contributed by atoms with Crippen LogP contribution in [0, 0.1) is 5.92 Å². The molecule has 2 heterocycles. The van der Waals surface area contributed by atoms with Crippen LogP contribution in [0.15, 0.2) is 35.0 Å². The lowest BCUT2D eigenvalue weighted by atomic mass is 9.89. The normalized spacial score (nSPS) is 21.3. The summed E-state index contributed by atoms with van der Waals surface area (Å²) in [5.74, 6) is 2.10. The van der Waals surface area contributed by atoms with Crippen molar-refractivity contribution in [2.75, 3.05) is 32.2 Å². The first-order valence-electron chi connectivity index (χ1n) is 7.93. The lowest BCUT2D eigenvalue weighted by Crippen LogP contribution is -2.47. The van der Waals surface area contributed by atoms with Crippen LogP contribution in [0.25, 0.3) is 0 Å². The van der Waals surface area contributed by atoms with Gasteiger partial charge in [0.2, 0.25) is 0 Å². The van der Waals surface area contributed by atoms with E-state index in [1.54, 1.807) is 25.6 Å². The van der Waals surface area contributed by atoms with Crippen molar-refractivity contribution in [2.45, 2.75) is 18.9 Å². The molecule has 23 heavy (non-hydrogen) atoms. The molecular formula is C18H24N2O2S. The van der Waals surface area contributed by atoms with E-state index in [-0.39, 0.29) is 6.04 Å². The Morgan fingerprint density at radius 3 is 2.70 bits per heavy atom. The molecule has 1 aromatic carbocycles. The summed E-state index contributed by atoms with van der Waals surface area (Å²) in [5, 5.41) is 4.38. The van der Waals surface area contributed by atoms with Crippen LogP contribution in [0.4, 0.5) is 5.69 Å². The van der Waals surface area contributed by atoms with Crippen molar-refractivity contribution in [1.82, 2.24) is 0 Å². The molecule has 0 bridgehead atoms. The summed E-state index contributed by atoms with van der Waals surface area (Å²) in [7, 11) is 3.33. The molecule has 4 nitrogen and oxygen atoms in total. The first kappa shape index (κ1) is 16.1. The molecule has 1 aromatic heterocycles. The van der Waals surface area contributed by atoms with Crippen molar-refractivity contribution in [2.24, 2.45) is 11.7 Å². The van der Waals surface area contributed by atoms with Gasteiger partial charge in [0.15, 0.2) is 11.5 Å². The molecule has 1 aliphatic heterocycles. The van der Waals surface area contributed by atoms with Gasteiger partial charge in [0.1, 0.15) is 0 Å². The van der Waals surface area contributed by atoms with Crippen LogP contribution >= 0.6 is 11.3 Å². The number of methoxy groups -OCH3 is 2.